The Labute approximate surface area is 210 Å². The van der Waals surface area contributed by atoms with E-state index in [0.29, 0.717) is 0 Å². The number of benzene rings is 3. The van der Waals surface area contributed by atoms with Crippen LogP contribution in [0.2, 0.25) is 0 Å². The fourth-order valence-corrected chi connectivity index (χ4v) is 4.37. The van der Waals surface area contributed by atoms with Crippen LogP contribution in [0.3, 0.4) is 0 Å². The van der Waals surface area contributed by atoms with Gasteiger partial charge in [-0.1, -0.05) is 91.0 Å². The van der Waals surface area contributed by atoms with Crippen molar-refractivity contribution in [2.24, 2.45) is 0 Å². The van der Waals surface area contributed by atoms with E-state index in [-0.39, 0.29) is 19.1 Å². The maximum absolute atomic E-state index is 12.8. The molecule has 0 spiro atoms. The van der Waals surface area contributed by atoms with Gasteiger partial charge in [-0.2, -0.15) is 0 Å². The normalized spacial score (nSPS) is 27.9. The zero-order valence-electron chi connectivity index (χ0n) is 19.7. The number of carbonyl (C=O) groups excluding carboxylic acids is 1. The van der Waals surface area contributed by atoms with Crippen LogP contribution in [0.25, 0.3) is 6.08 Å². The minimum absolute atomic E-state index is 0.223. The lowest BCUT2D eigenvalue weighted by Crippen LogP contribution is -2.66. The molecule has 7 heteroatoms. The van der Waals surface area contributed by atoms with Crippen molar-refractivity contribution in [2.75, 3.05) is 6.61 Å². The fourth-order valence-electron chi connectivity index (χ4n) is 4.37. The number of aliphatic hydroxyl groups excluding tert-OH is 1. The number of carbonyl (C=O) groups is 1. The summed E-state index contributed by atoms with van der Waals surface area (Å²) >= 11 is 0. The summed E-state index contributed by atoms with van der Waals surface area (Å²) in [6.07, 6.45) is -0.714. The van der Waals surface area contributed by atoms with Crippen molar-refractivity contribution in [3.05, 3.63) is 114 Å². The lowest BCUT2D eigenvalue weighted by Gasteiger charge is -2.47. The summed E-state index contributed by atoms with van der Waals surface area (Å²) in [4.78, 5) is 12.8. The molecular weight excluding hydrogens is 458 g/mol. The Morgan fingerprint density at radius 3 is 2.33 bits per heavy atom. The van der Waals surface area contributed by atoms with Gasteiger partial charge in [0.05, 0.1) is 13.2 Å². The number of aliphatic hydroxyl groups is 1. The molecule has 0 bridgehead atoms. The summed E-state index contributed by atoms with van der Waals surface area (Å²) in [6, 6.07) is 27.8. The summed E-state index contributed by atoms with van der Waals surface area (Å²) in [5.74, 6) is -0.370. The SMILES string of the molecule is O=C(/C=C/c1ccccc1)N[C@H]1[C@H](OCc2ccccc2)O[C@@H]2CO[C@@H](c3ccccc3)O[C@H]2[C@H]1O. The monoisotopic (exact) mass is 487 g/mol. The van der Waals surface area contributed by atoms with Crippen LogP contribution in [-0.2, 0) is 30.3 Å². The number of rotatable bonds is 7. The molecule has 6 atom stereocenters. The third kappa shape index (κ3) is 5.90. The largest absolute Gasteiger partial charge is 0.388 e. The molecule has 2 aliphatic heterocycles. The summed E-state index contributed by atoms with van der Waals surface area (Å²) in [6.45, 7) is 0.483. The Kier molecular flexibility index (Phi) is 7.85. The summed E-state index contributed by atoms with van der Waals surface area (Å²) < 4.78 is 24.2. The molecule has 2 N–H and O–H groups in total. The van der Waals surface area contributed by atoms with E-state index >= 15 is 0 Å². The van der Waals surface area contributed by atoms with E-state index in [1.807, 2.05) is 91.0 Å². The van der Waals surface area contributed by atoms with Crippen molar-refractivity contribution in [3.8, 4) is 0 Å². The molecule has 1 amide bonds. The van der Waals surface area contributed by atoms with Gasteiger partial charge in [-0.15, -0.1) is 0 Å². The fraction of sp³-hybridized carbons (Fsp3) is 0.276. The van der Waals surface area contributed by atoms with Crippen LogP contribution in [0.1, 0.15) is 23.0 Å². The topological polar surface area (TPSA) is 86.3 Å². The Hall–Kier alpha value is -3.33. The first kappa shape index (κ1) is 24.4. The first-order valence-corrected chi connectivity index (χ1v) is 12.0. The molecule has 0 saturated carbocycles. The molecular formula is C29H29NO6. The molecule has 0 unspecified atom stereocenters. The number of hydrogen-bond donors (Lipinski definition) is 2. The third-order valence-corrected chi connectivity index (χ3v) is 6.23. The second-order valence-corrected chi connectivity index (χ2v) is 8.79. The molecule has 186 valence electrons. The molecule has 2 aliphatic rings. The van der Waals surface area contributed by atoms with Crippen LogP contribution >= 0.6 is 0 Å². The van der Waals surface area contributed by atoms with Crippen LogP contribution in [0, 0.1) is 0 Å². The van der Waals surface area contributed by atoms with Gasteiger partial charge in [0.15, 0.2) is 12.6 Å². The highest BCUT2D eigenvalue weighted by molar-refractivity contribution is 5.92. The van der Waals surface area contributed by atoms with Crippen molar-refractivity contribution in [1.29, 1.82) is 0 Å². The highest BCUT2D eigenvalue weighted by Crippen LogP contribution is 2.34. The summed E-state index contributed by atoms with van der Waals surface area (Å²) in [7, 11) is 0. The van der Waals surface area contributed by atoms with Gasteiger partial charge in [0.25, 0.3) is 0 Å². The zero-order valence-corrected chi connectivity index (χ0v) is 19.7. The average molecular weight is 488 g/mol. The molecule has 2 saturated heterocycles. The Morgan fingerprint density at radius 1 is 0.944 bits per heavy atom. The number of hydrogen-bond acceptors (Lipinski definition) is 6. The third-order valence-electron chi connectivity index (χ3n) is 6.23. The van der Waals surface area contributed by atoms with E-state index in [4.69, 9.17) is 18.9 Å². The Balaban J connectivity index is 1.32. The van der Waals surface area contributed by atoms with E-state index in [2.05, 4.69) is 5.32 Å². The highest BCUT2D eigenvalue weighted by atomic mass is 16.7. The van der Waals surface area contributed by atoms with Gasteiger partial charge in [-0.3, -0.25) is 4.79 Å². The second-order valence-electron chi connectivity index (χ2n) is 8.79. The van der Waals surface area contributed by atoms with Gasteiger partial charge in [0, 0.05) is 11.6 Å². The number of amides is 1. The van der Waals surface area contributed by atoms with Crippen LogP contribution < -0.4 is 5.32 Å². The molecule has 5 rings (SSSR count). The van der Waals surface area contributed by atoms with Gasteiger partial charge in [0.2, 0.25) is 5.91 Å². The lowest BCUT2D eigenvalue weighted by molar-refractivity contribution is -0.345. The van der Waals surface area contributed by atoms with Crippen molar-refractivity contribution in [1.82, 2.24) is 5.32 Å². The van der Waals surface area contributed by atoms with E-state index < -0.39 is 36.9 Å². The predicted octanol–water partition coefficient (Wildman–Crippen LogP) is 3.60. The van der Waals surface area contributed by atoms with Crippen LogP contribution in [0.4, 0.5) is 0 Å². The van der Waals surface area contributed by atoms with Gasteiger partial charge in [-0.05, 0) is 17.2 Å². The van der Waals surface area contributed by atoms with E-state index in [9.17, 15) is 9.90 Å². The van der Waals surface area contributed by atoms with Gasteiger partial charge in [-0.25, -0.2) is 0 Å². The standard InChI is InChI=1S/C29H29NO6/c31-24(17-16-20-10-4-1-5-11-20)30-25-26(32)27-23(19-34-28(36-27)22-14-8-3-9-15-22)35-29(25)33-18-21-12-6-2-7-13-21/h1-17,23,25-29,32H,18-19H2,(H,30,31)/b17-16+/t23-,25-,26+,27-,28-,29-/m1/s1. The summed E-state index contributed by atoms with van der Waals surface area (Å²) in [5.41, 5.74) is 2.69. The molecule has 2 fully saturated rings. The molecule has 2 heterocycles. The smallest absolute Gasteiger partial charge is 0.244 e. The van der Waals surface area contributed by atoms with Crippen molar-refractivity contribution >= 4 is 12.0 Å². The minimum Gasteiger partial charge on any atom is -0.388 e. The van der Waals surface area contributed by atoms with E-state index in [1.54, 1.807) is 6.08 Å². The number of nitrogens with one attached hydrogen (secondary N) is 1. The lowest BCUT2D eigenvalue weighted by atomic mass is 9.95. The van der Waals surface area contributed by atoms with Crippen molar-refractivity contribution in [3.63, 3.8) is 0 Å². The number of ether oxygens (including phenoxy) is 4. The molecule has 36 heavy (non-hydrogen) atoms. The maximum Gasteiger partial charge on any atom is 0.244 e. The highest BCUT2D eigenvalue weighted by Gasteiger charge is 2.50. The van der Waals surface area contributed by atoms with Gasteiger partial charge >= 0.3 is 0 Å². The first-order chi connectivity index (χ1) is 17.7. The predicted molar refractivity (Wildman–Crippen MR) is 133 cm³/mol. The molecule has 0 aromatic heterocycles. The Morgan fingerprint density at radius 2 is 1.61 bits per heavy atom. The first-order valence-electron chi connectivity index (χ1n) is 12.0. The van der Waals surface area contributed by atoms with Crippen molar-refractivity contribution in [2.45, 2.75) is 43.5 Å². The Bertz CT molecular complexity index is 1140. The average Bonchev–Trinajstić information content (AvgIpc) is 2.94. The van der Waals surface area contributed by atoms with E-state index in [1.165, 1.54) is 6.08 Å². The van der Waals surface area contributed by atoms with Gasteiger partial charge in [0.1, 0.15) is 24.4 Å². The molecule has 0 radical (unpaired) electrons. The quantitative estimate of drug-likeness (QED) is 0.496. The van der Waals surface area contributed by atoms with Gasteiger partial charge < -0.3 is 29.4 Å². The molecule has 3 aromatic carbocycles. The van der Waals surface area contributed by atoms with Crippen molar-refractivity contribution < 1.29 is 28.8 Å². The minimum atomic E-state index is -1.08. The van der Waals surface area contributed by atoms with Crippen LogP contribution in [0.5, 0.6) is 0 Å². The molecule has 7 nitrogen and oxygen atoms in total. The number of fused-ring (bicyclic) bond motifs is 1. The van der Waals surface area contributed by atoms with Crippen LogP contribution in [0.15, 0.2) is 97.1 Å². The molecule has 3 aromatic rings. The summed E-state index contributed by atoms with van der Waals surface area (Å²) in [5, 5.41) is 14.2. The molecule has 0 aliphatic carbocycles. The maximum atomic E-state index is 12.8. The van der Waals surface area contributed by atoms with Crippen LogP contribution in [-0.4, -0.2) is 48.3 Å². The zero-order chi connectivity index (χ0) is 24.7. The van der Waals surface area contributed by atoms with E-state index in [0.717, 1.165) is 16.7 Å². The second kappa shape index (κ2) is 11.6.